The second kappa shape index (κ2) is 6.65. The van der Waals surface area contributed by atoms with E-state index in [2.05, 4.69) is 35.0 Å². The van der Waals surface area contributed by atoms with Crippen LogP contribution in [0, 0.1) is 6.92 Å². The van der Waals surface area contributed by atoms with Gasteiger partial charge in [0.1, 0.15) is 0 Å². The molecule has 1 saturated heterocycles. The lowest BCUT2D eigenvalue weighted by Gasteiger charge is -2.18. The van der Waals surface area contributed by atoms with E-state index in [0.717, 1.165) is 24.3 Å². The Balaban J connectivity index is 1.75. The van der Waals surface area contributed by atoms with E-state index in [1.54, 1.807) is 24.3 Å². The van der Waals surface area contributed by atoms with Gasteiger partial charge in [0.15, 0.2) is 0 Å². The number of benzene rings is 2. The Hall–Kier alpha value is -2.62. The minimum Gasteiger partial charge on any atom is -0.478 e. The lowest BCUT2D eigenvalue weighted by molar-refractivity contribution is 0.0697. The van der Waals surface area contributed by atoms with Gasteiger partial charge < -0.3 is 10.0 Å². The van der Waals surface area contributed by atoms with Crippen molar-refractivity contribution < 1.29 is 9.90 Å². The number of hydrogen-bond donors (Lipinski definition) is 1. The molecule has 3 rings (SSSR count). The number of hydrogen-bond acceptors (Lipinski definition) is 3. The molecule has 2 aromatic rings. The van der Waals surface area contributed by atoms with Crippen LogP contribution >= 0.6 is 0 Å². The summed E-state index contributed by atoms with van der Waals surface area (Å²) in [6.45, 7) is 4.38. The van der Waals surface area contributed by atoms with Crippen molar-refractivity contribution in [2.45, 2.75) is 19.8 Å². The number of rotatable bonds is 4. The van der Waals surface area contributed by atoms with Gasteiger partial charge in [0.05, 0.1) is 11.3 Å². The highest BCUT2D eigenvalue weighted by atomic mass is 16.4. The summed E-state index contributed by atoms with van der Waals surface area (Å²) in [5.41, 5.74) is 4.58. The van der Waals surface area contributed by atoms with Crippen molar-refractivity contribution in [2.24, 2.45) is 4.99 Å². The monoisotopic (exact) mass is 308 g/mol. The van der Waals surface area contributed by atoms with E-state index in [1.807, 2.05) is 6.21 Å². The van der Waals surface area contributed by atoms with Gasteiger partial charge in [-0.3, -0.25) is 4.99 Å². The first kappa shape index (κ1) is 15.3. The van der Waals surface area contributed by atoms with Gasteiger partial charge in [0.2, 0.25) is 0 Å². The van der Waals surface area contributed by atoms with Gasteiger partial charge in [0, 0.05) is 25.0 Å². The molecule has 1 aliphatic heterocycles. The smallest absolute Gasteiger partial charge is 0.335 e. The molecule has 0 aliphatic carbocycles. The van der Waals surface area contributed by atoms with Gasteiger partial charge in [-0.1, -0.05) is 6.07 Å². The number of aliphatic imine (C=N–C) groups is 1. The fraction of sp³-hybridized carbons (Fsp3) is 0.263. The van der Waals surface area contributed by atoms with Crippen LogP contribution < -0.4 is 4.90 Å². The first-order valence-electron chi connectivity index (χ1n) is 7.86. The molecular formula is C19H20N2O2. The standard InChI is InChI=1S/C19H20N2O2/c1-14-12-18(21-10-2-3-11-21)9-6-16(14)13-20-17-7-4-15(5-8-17)19(22)23/h4-9,12-13H,2-3,10-11H2,1H3,(H,22,23). The van der Waals surface area contributed by atoms with Gasteiger partial charge >= 0.3 is 5.97 Å². The summed E-state index contributed by atoms with van der Waals surface area (Å²) >= 11 is 0. The first-order valence-corrected chi connectivity index (χ1v) is 7.86. The van der Waals surface area contributed by atoms with Crippen molar-refractivity contribution in [1.29, 1.82) is 0 Å². The van der Waals surface area contributed by atoms with E-state index in [9.17, 15) is 4.79 Å². The average Bonchev–Trinajstić information content (AvgIpc) is 3.08. The van der Waals surface area contributed by atoms with E-state index in [4.69, 9.17) is 5.11 Å². The number of anilines is 1. The van der Waals surface area contributed by atoms with Gasteiger partial charge in [-0.15, -0.1) is 0 Å². The van der Waals surface area contributed by atoms with Crippen molar-refractivity contribution in [3.05, 3.63) is 59.2 Å². The highest BCUT2D eigenvalue weighted by Crippen LogP contribution is 2.23. The van der Waals surface area contributed by atoms with Gasteiger partial charge in [0.25, 0.3) is 0 Å². The molecule has 0 radical (unpaired) electrons. The van der Waals surface area contributed by atoms with E-state index in [0.29, 0.717) is 0 Å². The second-order valence-corrected chi connectivity index (χ2v) is 5.85. The Morgan fingerprint density at radius 1 is 1.13 bits per heavy atom. The number of aryl methyl sites for hydroxylation is 1. The van der Waals surface area contributed by atoms with E-state index < -0.39 is 5.97 Å². The predicted molar refractivity (Wildman–Crippen MR) is 93.3 cm³/mol. The highest BCUT2D eigenvalue weighted by Gasteiger charge is 2.12. The van der Waals surface area contributed by atoms with E-state index in [-0.39, 0.29) is 5.56 Å². The third-order valence-electron chi connectivity index (χ3n) is 4.19. The molecule has 0 saturated carbocycles. The van der Waals surface area contributed by atoms with Crippen LogP contribution in [0.25, 0.3) is 0 Å². The Labute approximate surface area is 136 Å². The van der Waals surface area contributed by atoms with Crippen LogP contribution in [0.5, 0.6) is 0 Å². The molecule has 0 amide bonds. The SMILES string of the molecule is Cc1cc(N2CCCC2)ccc1C=Nc1ccc(C(=O)O)cc1. The van der Waals surface area contributed by atoms with Crippen LogP contribution in [0.1, 0.15) is 34.3 Å². The van der Waals surface area contributed by atoms with Crippen molar-refractivity contribution in [1.82, 2.24) is 0 Å². The molecule has 0 atom stereocenters. The lowest BCUT2D eigenvalue weighted by atomic mass is 10.1. The molecule has 118 valence electrons. The maximum atomic E-state index is 10.8. The molecule has 0 unspecified atom stereocenters. The molecule has 1 aliphatic rings. The third kappa shape index (κ3) is 3.59. The number of carboxylic acids is 1. The Morgan fingerprint density at radius 3 is 2.43 bits per heavy atom. The summed E-state index contributed by atoms with van der Waals surface area (Å²) in [6.07, 6.45) is 4.38. The third-order valence-corrected chi connectivity index (χ3v) is 4.19. The Bertz CT molecular complexity index is 730. The Kier molecular flexibility index (Phi) is 4.42. The largest absolute Gasteiger partial charge is 0.478 e. The van der Waals surface area contributed by atoms with Gasteiger partial charge in [-0.05, 0) is 67.3 Å². The molecule has 0 aromatic heterocycles. The normalized spacial score (nSPS) is 14.6. The summed E-state index contributed by atoms with van der Waals surface area (Å²) in [4.78, 5) is 17.7. The van der Waals surface area contributed by atoms with Crippen molar-refractivity contribution in [3.63, 3.8) is 0 Å². The molecule has 1 N–H and O–H groups in total. The summed E-state index contributed by atoms with van der Waals surface area (Å²) in [5.74, 6) is -0.922. The van der Waals surface area contributed by atoms with Crippen molar-refractivity contribution in [3.8, 4) is 0 Å². The molecular weight excluding hydrogens is 288 g/mol. The molecule has 1 fully saturated rings. The predicted octanol–water partition coefficient (Wildman–Crippen LogP) is 4.04. The fourth-order valence-electron chi connectivity index (χ4n) is 2.81. The molecule has 1 heterocycles. The summed E-state index contributed by atoms with van der Waals surface area (Å²) in [6, 6.07) is 13.0. The number of nitrogens with zero attached hydrogens (tertiary/aromatic N) is 2. The van der Waals surface area contributed by atoms with Crippen LogP contribution in [0.2, 0.25) is 0 Å². The Morgan fingerprint density at radius 2 is 1.83 bits per heavy atom. The topological polar surface area (TPSA) is 52.9 Å². The summed E-state index contributed by atoms with van der Waals surface area (Å²) in [5, 5.41) is 8.89. The lowest BCUT2D eigenvalue weighted by Crippen LogP contribution is -2.17. The maximum Gasteiger partial charge on any atom is 0.335 e. The average molecular weight is 308 g/mol. The molecule has 2 aromatic carbocycles. The van der Waals surface area contributed by atoms with Crippen molar-refractivity contribution >= 4 is 23.6 Å². The minimum atomic E-state index is -0.922. The molecule has 23 heavy (non-hydrogen) atoms. The number of carbonyl (C=O) groups is 1. The van der Waals surface area contributed by atoms with E-state index in [1.165, 1.54) is 24.1 Å². The van der Waals surface area contributed by atoms with Crippen molar-refractivity contribution in [2.75, 3.05) is 18.0 Å². The zero-order valence-electron chi connectivity index (χ0n) is 13.2. The van der Waals surface area contributed by atoms with Crippen LogP contribution in [-0.4, -0.2) is 30.4 Å². The summed E-state index contributed by atoms with van der Waals surface area (Å²) in [7, 11) is 0. The quantitative estimate of drug-likeness (QED) is 0.867. The maximum absolute atomic E-state index is 10.8. The molecule has 4 nitrogen and oxygen atoms in total. The van der Waals surface area contributed by atoms with Crippen LogP contribution in [-0.2, 0) is 0 Å². The first-order chi connectivity index (χ1) is 11.1. The van der Waals surface area contributed by atoms with E-state index >= 15 is 0 Å². The van der Waals surface area contributed by atoms with Crippen LogP contribution in [0.4, 0.5) is 11.4 Å². The van der Waals surface area contributed by atoms with Crippen LogP contribution in [0.15, 0.2) is 47.5 Å². The number of aromatic carboxylic acids is 1. The summed E-state index contributed by atoms with van der Waals surface area (Å²) < 4.78 is 0. The highest BCUT2D eigenvalue weighted by molar-refractivity contribution is 5.88. The molecule has 0 bridgehead atoms. The fourth-order valence-corrected chi connectivity index (χ4v) is 2.81. The molecule has 0 spiro atoms. The zero-order chi connectivity index (χ0) is 16.2. The number of carboxylic acid groups (broad SMARTS) is 1. The van der Waals surface area contributed by atoms with Gasteiger partial charge in [-0.2, -0.15) is 0 Å². The zero-order valence-corrected chi connectivity index (χ0v) is 13.2. The second-order valence-electron chi connectivity index (χ2n) is 5.85. The minimum absolute atomic E-state index is 0.273. The molecule has 4 heteroatoms. The van der Waals surface area contributed by atoms with Gasteiger partial charge in [-0.25, -0.2) is 4.79 Å². The van der Waals surface area contributed by atoms with Crippen LogP contribution in [0.3, 0.4) is 0 Å².